The summed E-state index contributed by atoms with van der Waals surface area (Å²) >= 11 is 0. The highest BCUT2D eigenvalue weighted by atomic mass is 19.1. The molecular formula is C18H14F2N2O4. The zero-order chi connectivity index (χ0) is 19.1. The molecule has 0 amide bonds. The molecule has 0 unspecified atom stereocenters. The molecule has 0 spiro atoms. The number of methoxy groups -OCH3 is 1. The number of hydrogen-bond donors (Lipinski definition) is 0. The van der Waals surface area contributed by atoms with Crippen molar-refractivity contribution < 1.29 is 27.9 Å². The second-order valence-corrected chi connectivity index (χ2v) is 4.94. The number of esters is 1. The molecule has 134 valence electrons. The van der Waals surface area contributed by atoms with Crippen molar-refractivity contribution in [1.29, 1.82) is 5.26 Å². The fraction of sp³-hybridized carbons (Fsp3) is 0.167. The molecule has 2 rings (SSSR count). The first-order chi connectivity index (χ1) is 12.5. The molecule has 2 aromatic carbocycles. The minimum Gasteiger partial charge on any atom is -0.483 e. The molecule has 0 bridgehead atoms. The minimum atomic E-state index is -1.00. The van der Waals surface area contributed by atoms with E-state index in [0.717, 1.165) is 12.1 Å². The van der Waals surface area contributed by atoms with Crippen LogP contribution in [-0.2, 0) is 21.0 Å². The summed E-state index contributed by atoms with van der Waals surface area (Å²) in [5, 5.41) is 12.4. The summed E-state index contributed by atoms with van der Waals surface area (Å²) < 4.78 is 37.7. The largest absolute Gasteiger partial charge is 0.483 e. The number of hydrogen-bond acceptors (Lipinski definition) is 6. The molecule has 6 nitrogen and oxygen atoms in total. The number of carbonyl (C=O) groups excluding carboxylic acids is 1. The van der Waals surface area contributed by atoms with Gasteiger partial charge in [0, 0.05) is 5.56 Å². The molecule has 26 heavy (non-hydrogen) atoms. The van der Waals surface area contributed by atoms with Crippen LogP contribution >= 0.6 is 0 Å². The number of nitriles is 1. The predicted octanol–water partition coefficient (Wildman–Crippen LogP) is 2.94. The van der Waals surface area contributed by atoms with Crippen LogP contribution in [0.15, 0.2) is 41.6 Å². The molecule has 0 aromatic heterocycles. The first-order valence-corrected chi connectivity index (χ1v) is 7.31. The Labute approximate surface area is 148 Å². The third-order valence-corrected chi connectivity index (χ3v) is 3.33. The van der Waals surface area contributed by atoms with E-state index in [1.165, 1.54) is 14.2 Å². The van der Waals surface area contributed by atoms with Gasteiger partial charge in [-0.25, -0.2) is 13.6 Å². The van der Waals surface area contributed by atoms with Crippen LogP contribution in [0.3, 0.4) is 0 Å². The van der Waals surface area contributed by atoms with Crippen molar-refractivity contribution in [2.45, 2.75) is 6.61 Å². The number of oxime groups is 1. The van der Waals surface area contributed by atoms with Crippen LogP contribution in [0.5, 0.6) is 5.75 Å². The Morgan fingerprint density at radius 1 is 1.19 bits per heavy atom. The van der Waals surface area contributed by atoms with E-state index in [4.69, 9.17) is 10.00 Å². The SMILES string of the molecule is CO/N=C(/C(=O)OC)c1ccccc1COc1c(F)cc(C#N)cc1F. The van der Waals surface area contributed by atoms with Crippen molar-refractivity contribution in [2.75, 3.05) is 14.2 Å². The van der Waals surface area contributed by atoms with Crippen molar-refractivity contribution >= 4 is 11.7 Å². The Kier molecular flexibility index (Phi) is 6.22. The number of ether oxygens (including phenoxy) is 2. The third kappa shape index (κ3) is 4.13. The van der Waals surface area contributed by atoms with Crippen LogP contribution in [-0.4, -0.2) is 25.9 Å². The number of benzene rings is 2. The molecule has 2 aromatic rings. The molecule has 8 heteroatoms. The topological polar surface area (TPSA) is 80.9 Å². The number of nitrogens with zero attached hydrogens (tertiary/aromatic N) is 2. The van der Waals surface area contributed by atoms with Crippen molar-refractivity contribution in [3.8, 4) is 11.8 Å². The van der Waals surface area contributed by atoms with Crippen molar-refractivity contribution in [1.82, 2.24) is 0 Å². The summed E-state index contributed by atoms with van der Waals surface area (Å²) in [6.07, 6.45) is 0. The Morgan fingerprint density at radius 3 is 2.42 bits per heavy atom. The van der Waals surface area contributed by atoms with Crippen LogP contribution < -0.4 is 4.74 Å². The van der Waals surface area contributed by atoms with E-state index in [0.29, 0.717) is 11.1 Å². The Bertz CT molecular complexity index is 868. The van der Waals surface area contributed by atoms with Gasteiger partial charge in [0.25, 0.3) is 0 Å². The molecule has 0 aliphatic heterocycles. The van der Waals surface area contributed by atoms with E-state index in [-0.39, 0.29) is 17.9 Å². The highest BCUT2D eigenvalue weighted by Crippen LogP contribution is 2.25. The lowest BCUT2D eigenvalue weighted by atomic mass is 10.0. The van der Waals surface area contributed by atoms with Crippen LogP contribution in [0.2, 0.25) is 0 Å². The molecule has 0 heterocycles. The normalized spacial score (nSPS) is 10.8. The lowest BCUT2D eigenvalue weighted by Gasteiger charge is -2.12. The number of halogens is 2. The summed E-state index contributed by atoms with van der Waals surface area (Å²) in [5.74, 6) is -3.37. The minimum absolute atomic E-state index is 0.116. The van der Waals surface area contributed by atoms with E-state index in [1.54, 1.807) is 30.3 Å². The average molecular weight is 360 g/mol. The molecule has 0 radical (unpaired) electrons. The number of rotatable bonds is 6. The van der Waals surface area contributed by atoms with Crippen LogP contribution in [0.4, 0.5) is 8.78 Å². The van der Waals surface area contributed by atoms with E-state index < -0.39 is 23.4 Å². The average Bonchev–Trinajstić information content (AvgIpc) is 2.65. The van der Waals surface area contributed by atoms with E-state index >= 15 is 0 Å². The molecule has 0 fully saturated rings. The fourth-order valence-electron chi connectivity index (χ4n) is 2.17. The second kappa shape index (κ2) is 8.58. The molecule has 0 saturated carbocycles. The van der Waals surface area contributed by atoms with E-state index in [2.05, 4.69) is 14.7 Å². The van der Waals surface area contributed by atoms with Crippen LogP contribution in [0.1, 0.15) is 16.7 Å². The van der Waals surface area contributed by atoms with Gasteiger partial charge >= 0.3 is 5.97 Å². The zero-order valence-electron chi connectivity index (χ0n) is 14.0. The maximum Gasteiger partial charge on any atom is 0.360 e. The molecular weight excluding hydrogens is 346 g/mol. The maximum absolute atomic E-state index is 13.9. The smallest absolute Gasteiger partial charge is 0.360 e. The summed E-state index contributed by atoms with van der Waals surface area (Å²) in [6, 6.07) is 9.87. The van der Waals surface area contributed by atoms with Gasteiger partial charge < -0.3 is 14.3 Å². The van der Waals surface area contributed by atoms with Gasteiger partial charge in [0.05, 0.1) is 18.7 Å². The lowest BCUT2D eigenvalue weighted by Crippen LogP contribution is -2.20. The number of carbonyl (C=O) groups is 1. The van der Waals surface area contributed by atoms with Crippen molar-refractivity contribution in [3.63, 3.8) is 0 Å². The standard InChI is InChI=1S/C18H14F2N2O4/c1-24-18(23)16(22-25-2)13-6-4-3-5-12(13)10-26-17-14(19)7-11(9-21)8-15(17)20/h3-8H,10H2,1-2H3/b22-16+. The summed E-state index contributed by atoms with van der Waals surface area (Å²) in [4.78, 5) is 16.5. The zero-order valence-corrected chi connectivity index (χ0v) is 14.0. The predicted molar refractivity (Wildman–Crippen MR) is 87.4 cm³/mol. The monoisotopic (exact) mass is 360 g/mol. The Balaban J connectivity index is 2.34. The summed E-state index contributed by atoms with van der Waals surface area (Å²) in [7, 11) is 2.46. The summed E-state index contributed by atoms with van der Waals surface area (Å²) in [5.41, 5.74) is 0.482. The second-order valence-electron chi connectivity index (χ2n) is 4.94. The highest BCUT2D eigenvalue weighted by Gasteiger charge is 2.20. The van der Waals surface area contributed by atoms with Gasteiger partial charge in [0.15, 0.2) is 23.1 Å². The van der Waals surface area contributed by atoms with Crippen molar-refractivity contribution in [2.24, 2.45) is 5.16 Å². The van der Waals surface area contributed by atoms with Gasteiger partial charge in [-0.15, -0.1) is 0 Å². The van der Waals surface area contributed by atoms with Gasteiger partial charge in [-0.3, -0.25) is 0 Å². The van der Waals surface area contributed by atoms with Gasteiger partial charge in [-0.05, 0) is 17.7 Å². The Hall–Kier alpha value is -3.47. The first-order valence-electron chi connectivity index (χ1n) is 7.31. The highest BCUT2D eigenvalue weighted by molar-refractivity contribution is 6.43. The molecule has 0 atom stereocenters. The van der Waals surface area contributed by atoms with Gasteiger partial charge in [0.2, 0.25) is 0 Å². The lowest BCUT2D eigenvalue weighted by molar-refractivity contribution is -0.132. The van der Waals surface area contributed by atoms with Gasteiger partial charge in [-0.1, -0.05) is 29.4 Å². The van der Waals surface area contributed by atoms with E-state index in [9.17, 15) is 13.6 Å². The molecule has 0 N–H and O–H groups in total. The van der Waals surface area contributed by atoms with Gasteiger partial charge in [0.1, 0.15) is 13.7 Å². The van der Waals surface area contributed by atoms with Crippen LogP contribution in [0.25, 0.3) is 0 Å². The van der Waals surface area contributed by atoms with Crippen LogP contribution in [0, 0.1) is 23.0 Å². The maximum atomic E-state index is 13.9. The first kappa shape index (κ1) is 18.9. The van der Waals surface area contributed by atoms with E-state index in [1.807, 2.05) is 0 Å². The molecule has 0 saturated heterocycles. The van der Waals surface area contributed by atoms with Crippen molar-refractivity contribution in [3.05, 3.63) is 64.7 Å². The Morgan fingerprint density at radius 2 is 1.85 bits per heavy atom. The quantitative estimate of drug-likeness (QED) is 0.449. The molecule has 0 aliphatic rings. The third-order valence-electron chi connectivity index (χ3n) is 3.33. The molecule has 0 aliphatic carbocycles. The summed E-state index contributed by atoms with van der Waals surface area (Å²) in [6.45, 7) is -0.254. The fourth-order valence-corrected chi connectivity index (χ4v) is 2.17. The van der Waals surface area contributed by atoms with Gasteiger partial charge in [-0.2, -0.15) is 5.26 Å².